The van der Waals surface area contributed by atoms with Crippen LogP contribution in [0.5, 0.6) is 0 Å². The van der Waals surface area contributed by atoms with E-state index in [1.807, 2.05) is 48.0 Å². The molecule has 1 aliphatic heterocycles. The average Bonchev–Trinajstić information content (AvgIpc) is 3.18. The van der Waals surface area contributed by atoms with E-state index in [0.717, 1.165) is 48.3 Å². The zero-order valence-electron chi connectivity index (χ0n) is 18.7. The first-order chi connectivity index (χ1) is 15.7. The molecule has 2 fully saturated rings. The number of nitrogens with one attached hydrogen (secondary N) is 1. The number of aromatic nitrogens is 4. The second kappa shape index (κ2) is 9.28. The SMILES string of the molecule is Cc1cccc(-n2c(-c3ccnc(NC4CCCCC4)n3)cn(C3CCOCC3)c2=O)c1. The number of hydrogen-bond donors (Lipinski definition) is 1. The molecule has 0 amide bonds. The van der Waals surface area contributed by atoms with E-state index in [0.29, 0.717) is 25.2 Å². The van der Waals surface area contributed by atoms with E-state index in [1.165, 1.54) is 19.3 Å². The highest BCUT2D eigenvalue weighted by Gasteiger charge is 2.23. The number of aryl methyl sites for hydroxylation is 1. The van der Waals surface area contributed by atoms with Gasteiger partial charge < -0.3 is 10.1 Å². The number of rotatable bonds is 5. The molecule has 1 saturated heterocycles. The van der Waals surface area contributed by atoms with Crippen LogP contribution in [0.25, 0.3) is 17.1 Å². The summed E-state index contributed by atoms with van der Waals surface area (Å²) in [7, 11) is 0. The second-order valence-corrected chi connectivity index (χ2v) is 8.97. The monoisotopic (exact) mass is 433 g/mol. The van der Waals surface area contributed by atoms with E-state index >= 15 is 0 Å². The summed E-state index contributed by atoms with van der Waals surface area (Å²) in [6, 6.07) is 10.5. The molecule has 0 unspecified atom stereocenters. The van der Waals surface area contributed by atoms with Crippen molar-refractivity contribution in [3.8, 4) is 17.1 Å². The van der Waals surface area contributed by atoms with Crippen molar-refractivity contribution in [3.05, 3.63) is 58.8 Å². The van der Waals surface area contributed by atoms with Crippen LogP contribution in [0.3, 0.4) is 0 Å². The molecule has 7 heteroatoms. The molecule has 0 atom stereocenters. The van der Waals surface area contributed by atoms with Crippen molar-refractivity contribution in [3.63, 3.8) is 0 Å². The number of hydrogen-bond acceptors (Lipinski definition) is 5. The minimum atomic E-state index is -0.0297. The highest BCUT2D eigenvalue weighted by molar-refractivity contribution is 5.59. The summed E-state index contributed by atoms with van der Waals surface area (Å²) in [5.41, 5.74) is 3.49. The van der Waals surface area contributed by atoms with Crippen molar-refractivity contribution in [1.29, 1.82) is 0 Å². The van der Waals surface area contributed by atoms with Gasteiger partial charge in [0.25, 0.3) is 0 Å². The molecule has 3 aromatic rings. The van der Waals surface area contributed by atoms with Crippen molar-refractivity contribution >= 4 is 5.95 Å². The molecule has 1 aromatic carbocycles. The van der Waals surface area contributed by atoms with Gasteiger partial charge in [0.1, 0.15) is 0 Å². The maximum absolute atomic E-state index is 13.6. The Balaban J connectivity index is 1.56. The molecule has 2 aliphatic rings. The van der Waals surface area contributed by atoms with Gasteiger partial charge in [-0.15, -0.1) is 0 Å². The predicted molar refractivity (Wildman–Crippen MR) is 125 cm³/mol. The Morgan fingerprint density at radius 1 is 1.06 bits per heavy atom. The van der Waals surface area contributed by atoms with Gasteiger partial charge in [-0.25, -0.2) is 14.8 Å². The largest absolute Gasteiger partial charge is 0.381 e. The molecule has 7 nitrogen and oxygen atoms in total. The minimum Gasteiger partial charge on any atom is -0.381 e. The molecule has 168 valence electrons. The lowest BCUT2D eigenvalue weighted by molar-refractivity contribution is 0.0686. The Kier molecular flexibility index (Phi) is 6.08. The third-order valence-electron chi connectivity index (χ3n) is 6.61. The van der Waals surface area contributed by atoms with E-state index in [-0.39, 0.29) is 11.7 Å². The summed E-state index contributed by atoms with van der Waals surface area (Å²) in [6.07, 6.45) is 11.5. The molecule has 1 N–H and O–H groups in total. The first-order valence-corrected chi connectivity index (χ1v) is 11.8. The molecule has 0 radical (unpaired) electrons. The Morgan fingerprint density at radius 2 is 1.88 bits per heavy atom. The quantitative estimate of drug-likeness (QED) is 0.641. The van der Waals surface area contributed by atoms with Gasteiger partial charge in [0.15, 0.2) is 0 Å². The van der Waals surface area contributed by atoms with Crippen molar-refractivity contribution in [2.75, 3.05) is 18.5 Å². The zero-order valence-corrected chi connectivity index (χ0v) is 18.7. The Bertz CT molecular complexity index is 1120. The first kappa shape index (κ1) is 20.9. The third-order valence-corrected chi connectivity index (χ3v) is 6.61. The highest BCUT2D eigenvalue weighted by atomic mass is 16.5. The first-order valence-electron chi connectivity index (χ1n) is 11.8. The van der Waals surface area contributed by atoms with Gasteiger partial charge in [0.2, 0.25) is 5.95 Å². The van der Waals surface area contributed by atoms with Crippen LogP contribution in [0.2, 0.25) is 0 Å². The van der Waals surface area contributed by atoms with Gasteiger partial charge in [-0.05, 0) is 56.4 Å². The van der Waals surface area contributed by atoms with E-state index in [1.54, 1.807) is 10.8 Å². The fourth-order valence-electron chi connectivity index (χ4n) is 4.89. The number of benzene rings is 1. The number of ether oxygens (including phenoxy) is 1. The summed E-state index contributed by atoms with van der Waals surface area (Å²) in [4.78, 5) is 22.9. The highest BCUT2D eigenvalue weighted by Crippen LogP contribution is 2.27. The molecular formula is C25H31N5O2. The smallest absolute Gasteiger partial charge is 0.333 e. The average molecular weight is 434 g/mol. The summed E-state index contributed by atoms with van der Waals surface area (Å²) in [6.45, 7) is 3.41. The van der Waals surface area contributed by atoms with E-state index < -0.39 is 0 Å². The lowest BCUT2D eigenvalue weighted by atomic mass is 9.96. The van der Waals surface area contributed by atoms with Crippen LogP contribution >= 0.6 is 0 Å². The summed E-state index contributed by atoms with van der Waals surface area (Å²) in [5, 5.41) is 3.51. The molecule has 0 spiro atoms. The second-order valence-electron chi connectivity index (χ2n) is 8.97. The predicted octanol–water partition coefficient (Wildman–Crippen LogP) is 4.50. The molecule has 1 aliphatic carbocycles. The van der Waals surface area contributed by atoms with Gasteiger partial charge in [0, 0.05) is 37.7 Å². The van der Waals surface area contributed by atoms with Gasteiger partial charge >= 0.3 is 5.69 Å². The Hall–Kier alpha value is -2.93. The standard InChI is InChI=1S/C25H31N5O2/c1-18-6-5-9-21(16-18)30-23(17-29(25(30)31)20-11-14-32-15-12-20)22-10-13-26-24(28-22)27-19-7-3-2-4-8-19/h5-6,9-10,13,16-17,19-20H,2-4,7-8,11-12,14-15H2,1H3,(H,26,27,28). The minimum absolute atomic E-state index is 0.0297. The lowest BCUT2D eigenvalue weighted by Crippen LogP contribution is -2.30. The van der Waals surface area contributed by atoms with Crippen molar-refractivity contribution in [2.45, 2.75) is 64.0 Å². The van der Waals surface area contributed by atoms with Crippen LogP contribution in [0.4, 0.5) is 5.95 Å². The summed E-state index contributed by atoms with van der Waals surface area (Å²) in [5.74, 6) is 0.636. The fourth-order valence-corrected chi connectivity index (χ4v) is 4.89. The topological polar surface area (TPSA) is 74.0 Å². The van der Waals surface area contributed by atoms with E-state index in [9.17, 15) is 4.79 Å². The molecule has 3 heterocycles. The van der Waals surface area contributed by atoms with Gasteiger partial charge in [0.05, 0.1) is 17.1 Å². The third kappa shape index (κ3) is 4.35. The van der Waals surface area contributed by atoms with Gasteiger partial charge in [-0.2, -0.15) is 0 Å². The molecule has 0 bridgehead atoms. The van der Waals surface area contributed by atoms with Crippen LogP contribution < -0.4 is 11.0 Å². The van der Waals surface area contributed by atoms with Gasteiger partial charge in [-0.3, -0.25) is 9.13 Å². The number of anilines is 1. The van der Waals surface area contributed by atoms with Crippen LogP contribution in [0.15, 0.2) is 47.5 Å². The normalized spacial score (nSPS) is 18.0. The van der Waals surface area contributed by atoms with Crippen molar-refractivity contribution in [2.24, 2.45) is 0 Å². The summed E-state index contributed by atoms with van der Waals surface area (Å²) < 4.78 is 9.18. The fraction of sp³-hybridized carbons (Fsp3) is 0.480. The van der Waals surface area contributed by atoms with Crippen molar-refractivity contribution in [1.82, 2.24) is 19.1 Å². The number of nitrogens with zero attached hydrogens (tertiary/aromatic N) is 4. The molecule has 5 rings (SSSR count). The van der Waals surface area contributed by atoms with E-state index in [4.69, 9.17) is 9.72 Å². The molecule has 1 saturated carbocycles. The maximum atomic E-state index is 13.6. The van der Waals surface area contributed by atoms with Gasteiger partial charge in [-0.1, -0.05) is 31.4 Å². The van der Waals surface area contributed by atoms with Crippen LogP contribution in [0.1, 0.15) is 56.6 Å². The Labute approximate surface area is 188 Å². The molecule has 2 aromatic heterocycles. The molecule has 32 heavy (non-hydrogen) atoms. The lowest BCUT2D eigenvalue weighted by Gasteiger charge is -2.22. The molecular weight excluding hydrogens is 402 g/mol. The number of imidazole rings is 1. The Morgan fingerprint density at radius 3 is 2.66 bits per heavy atom. The summed E-state index contributed by atoms with van der Waals surface area (Å²) >= 11 is 0. The van der Waals surface area contributed by atoms with Crippen LogP contribution in [-0.2, 0) is 4.74 Å². The van der Waals surface area contributed by atoms with Crippen LogP contribution in [0, 0.1) is 6.92 Å². The van der Waals surface area contributed by atoms with E-state index in [2.05, 4.69) is 10.3 Å². The van der Waals surface area contributed by atoms with Crippen LogP contribution in [-0.4, -0.2) is 38.4 Å². The maximum Gasteiger partial charge on any atom is 0.333 e. The zero-order chi connectivity index (χ0) is 21.9. The van der Waals surface area contributed by atoms with Crippen molar-refractivity contribution < 1.29 is 4.74 Å².